The lowest BCUT2D eigenvalue weighted by molar-refractivity contribution is 0.109. The first kappa shape index (κ1) is 12.7. The van der Waals surface area contributed by atoms with Gasteiger partial charge in [-0.3, -0.25) is 4.90 Å². The summed E-state index contributed by atoms with van der Waals surface area (Å²) in [4.78, 5) is 2.54. The lowest BCUT2D eigenvalue weighted by Crippen LogP contribution is -2.41. The summed E-state index contributed by atoms with van der Waals surface area (Å²) in [6, 6.07) is 4.85. The molecule has 2 atom stereocenters. The van der Waals surface area contributed by atoms with E-state index in [0.717, 1.165) is 25.3 Å². The molecule has 3 nitrogen and oxygen atoms in total. The second-order valence-electron chi connectivity index (χ2n) is 5.17. The molecule has 0 spiro atoms. The highest BCUT2D eigenvalue weighted by Crippen LogP contribution is 2.30. The van der Waals surface area contributed by atoms with Crippen molar-refractivity contribution in [2.24, 2.45) is 11.7 Å². The number of piperidine rings is 1. The number of nitrogens with zero attached hydrogens (tertiary/aromatic N) is 1. The summed E-state index contributed by atoms with van der Waals surface area (Å²) in [5, 5.41) is 0. The van der Waals surface area contributed by atoms with E-state index in [2.05, 4.69) is 24.8 Å². The van der Waals surface area contributed by atoms with Crippen molar-refractivity contribution in [3.63, 3.8) is 0 Å². The van der Waals surface area contributed by atoms with E-state index in [1.165, 1.54) is 12.8 Å². The number of hydrogen-bond acceptors (Lipinski definition) is 3. The predicted molar refractivity (Wildman–Crippen MR) is 69.7 cm³/mol. The van der Waals surface area contributed by atoms with Crippen molar-refractivity contribution in [1.82, 2.24) is 4.90 Å². The van der Waals surface area contributed by atoms with Gasteiger partial charge in [-0.05, 0) is 57.3 Å². The van der Waals surface area contributed by atoms with Crippen LogP contribution in [0.2, 0.25) is 0 Å². The summed E-state index contributed by atoms with van der Waals surface area (Å²) in [6.07, 6.45) is 5.31. The van der Waals surface area contributed by atoms with Crippen LogP contribution in [0.5, 0.6) is 0 Å². The first-order chi connectivity index (χ1) is 8.22. The summed E-state index contributed by atoms with van der Waals surface area (Å²) in [5.74, 6) is 1.80. The molecular weight excluding hydrogens is 212 g/mol. The maximum Gasteiger partial charge on any atom is 0.120 e. The Hall–Kier alpha value is -0.800. The minimum absolute atomic E-state index is 0.334. The first-order valence-electron chi connectivity index (χ1n) is 6.75. The molecule has 0 saturated carbocycles. The Balaban J connectivity index is 1.95. The molecule has 1 fully saturated rings. The normalized spacial score (nSPS) is 22.5. The van der Waals surface area contributed by atoms with Gasteiger partial charge in [0.1, 0.15) is 5.76 Å². The molecule has 3 heteroatoms. The molecule has 0 aliphatic carbocycles. The van der Waals surface area contributed by atoms with E-state index in [1.54, 1.807) is 6.26 Å². The van der Waals surface area contributed by atoms with Crippen LogP contribution in [-0.2, 0) is 0 Å². The maximum atomic E-state index is 5.98. The molecule has 1 saturated heterocycles. The van der Waals surface area contributed by atoms with Gasteiger partial charge >= 0.3 is 0 Å². The third-order valence-electron chi connectivity index (χ3n) is 4.02. The predicted octanol–water partition coefficient (Wildman–Crippen LogP) is 2.79. The van der Waals surface area contributed by atoms with Crippen LogP contribution in [0.1, 0.15) is 44.9 Å². The molecule has 2 unspecified atom stereocenters. The average Bonchev–Trinajstić information content (AvgIpc) is 2.84. The Morgan fingerprint density at radius 3 is 2.65 bits per heavy atom. The third kappa shape index (κ3) is 2.90. The van der Waals surface area contributed by atoms with Gasteiger partial charge in [0, 0.05) is 6.04 Å². The van der Waals surface area contributed by atoms with Crippen molar-refractivity contribution in [1.29, 1.82) is 0 Å². The molecule has 1 aliphatic rings. The second kappa shape index (κ2) is 5.69. The van der Waals surface area contributed by atoms with E-state index in [-0.39, 0.29) is 0 Å². The molecule has 0 radical (unpaired) electrons. The van der Waals surface area contributed by atoms with E-state index < -0.39 is 0 Å². The number of nitrogens with two attached hydrogens (primary N) is 1. The van der Waals surface area contributed by atoms with E-state index >= 15 is 0 Å². The first-order valence-corrected chi connectivity index (χ1v) is 6.75. The van der Waals surface area contributed by atoms with Crippen LogP contribution in [0.3, 0.4) is 0 Å². The van der Waals surface area contributed by atoms with Crippen molar-refractivity contribution >= 4 is 0 Å². The van der Waals surface area contributed by atoms with E-state index in [4.69, 9.17) is 10.2 Å². The number of furan rings is 1. The van der Waals surface area contributed by atoms with Crippen LogP contribution in [0.15, 0.2) is 22.8 Å². The Labute approximate surface area is 104 Å². The van der Waals surface area contributed by atoms with Crippen molar-refractivity contribution in [3.05, 3.63) is 24.2 Å². The lowest BCUT2D eigenvalue weighted by Gasteiger charge is -2.37. The molecule has 17 heavy (non-hydrogen) atoms. The molecule has 2 heterocycles. The van der Waals surface area contributed by atoms with Crippen LogP contribution in [0.4, 0.5) is 0 Å². The zero-order valence-corrected chi connectivity index (χ0v) is 10.9. The van der Waals surface area contributed by atoms with Crippen LogP contribution in [0, 0.1) is 5.92 Å². The van der Waals surface area contributed by atoms with Crippen molar-refractivity contribution < 1.29 is 4.42 Å². The van der Waals surface area contributed by atoms with Gasteiger partial charge in [-0.25, -0.2) is 0 Å². The van der Waals surface area contributed by atoms with Crippen LogP contribution < -0.4 is 5.73 Å². The van der Waals surface area contributed by atoms with Gasteiger partial charge in [0.2, 0.25) is 0 Å². The standard InChI is InChI=1S/C14H24N2O/c1-3-13(14-5-4-10-17-14)16-8-6-12(7-9-16)11(2)15/h4-5,10-13H,3,6-9,15H2,1-2H3. The Bertz CT molecular complexity index is 313. The van der Waals surface area contributed by atoms with Gasteiger partial charge in [0.15, 0.2) is 0 Å². The van der Waals surface area contributed by atoms with Gasteiger partial charge in [-0.1, -0.05) is 6.92 Å². The largest absolute Gasteiger partial charge is 0.468 e. The highest BCUT2D eigenvalue weighted by Gasteiger charge is 2.27. The van der Waals surface area contributed by atoms with Gasteiger partial charge in [-0.15, -0.1) is 0 Å². The molecule has 1 aromatic heterocycles. The number of rotatable bonds is 4. The van der Waals surface area contributed by atoms with Gasteiger partial charge in [-0.2, -0.15) is 0 Å². The summed E-state index contributed by atoms with van der Waals surface area (Å²) in [7, 11) is 0. The molecule has 1 aromatic rings. The topological polar surface area (TPSA) is 42.4 Å². The molecule has 0 amide bonds. The minimum Gasteiger partial charge on any atom is -0.468 e. The maximum absolute atomic E-state index is 5.98. The summed E-state index contributed by atoms with van der Waals surface area (Å²) < 4.78 is 5.55. The summed E-state index contributed by atoms with van der Waals surface area (Å²) in [6.45, 7) is 6.64. The van der Waals surface area contributed by atoms with E-state index in [1.807, 2.05) is 6.07 Å². The average molecular weight is 236 g/mol. The smallest absolute Gasteiger partial charge is 0.120 e. The molecular formula is C14H24N2O. The Morgan fingerprint density at radius 1 is 1.47 bits per heavy atom. The molecule has 0 aromatic carbocycles. The van der Waals surface area contributed by atoms with Gasteiger partial charge < -0.3 is 10.2 Å². The van der Waals surface area contributed by atoms with Crippen LogP contribution >= 0.6 is 0 Å². The highest BCUT2D eigenvalue weighted by molar-refractivity contribution is 5.05. The zero-order valence-electron chi connectivity index (χ0n) is 10.9. The highest BCUT2D eigenvalue weighted by atomic mass is 16.3. The number of likely N-dealkylation sites (tertiary alicyclic amines) is 1. The monoisotopic (exact) mass is 236 g/mol. The fraction of sp³-hybridized carbons (Fsp3) is 0.714. The number of hydrogen-bond donors (Lipinski definition) is 1. The molecule has 96 valence electrons. The van der Waals surface area contributed by atoms with E-state index in [0.29, 0.717) is 18.0 Å². The lowest BCUT2D eigenvalue weighted by atomic mass is 9.90. The fourth-order valence-electron chi connectivity index (χ4n) is 2.88. The molecule has 2 N–H and O–H groups in total. The Morgan fingerprint density at radius 2 is 2.18 bits per heavy atom. The van der Waals surface area contributed by atoms with Crippen LogP contribution in [-0.4, -0.2) is 24.0 Å². The second-order valence-corrected chi connectivity index (χ2v) is 5.17. The van der Waals surface area contributed by atoms with Crippen molar-refractivity contribution in [3.8, 4) is 0 Å². The Kier molecular flexibility index (Phi) is 4.24. The fourth-order valence-corrected chi connectivity index (χ4v) is 2.88. The van der Waals surface area contributed by atoms with Gasteiger partial charge in [0.25, 0.3) is 0 Å². The quantitative estimate of drug-likeness (QED) is 0.874. The molecule has 1 aliphatic heterocycles. The van der Waals surface area contributed by atoms with E-state index in [9.17, 15) is 0 Å². The molecule has 0 bridgehead atoms. The SMILES string of the molecule is CCC(c1ccco1)N1CCC(C(C)N)CC1. The van der Waals surface area contributed by atoms with Gasteiger partial charge in [0.05, 0.1) is 12.3 Å². The van der Waals surface area contributed by atoms with Crippen molar-refractivity contribution in [2.45, 2.75) is 45.2 Å². The van der Waals surface area contributed by atoms with Crippen LogP contribution in [0.25, 0.3) is 0 Å². The zero-order chi connectivity index (χ0) is 12.3. The summed E-state index contributed by atoms with van der Waals surface area (Å²) >= 11 is 0. The molecule has 2 rings (SSSR count). The summed E-state index contributed by atoms with van der Waals surface area (Å²) in [5.41, 5.74) is 5.98. The van der Waals surface area contributed by atoms with Crippen molar-refractivity contribution in [2.75, 3.05) is 13.1 Å². The third-order valence-corrected chi connectivity index (χ3v) is 4.02. The minimum atomic E-state index is 0.334.